The van der Waals surface area contributed by atoms with Gasteiger partial charge in [-0.15, -0.1) is 0 Å². The number of ether oxygens (including phenoxy) is 1. The monoisotopic (exact) mass is 353 g/mol. The third-order valence-electron chi connectivity index (χ3n) is 4.49. The molecule has 0 spiro atoms. The van der Waals surface area contributed by atoms with Crippen molar-refractivity contribution in [1.82, 2.24) is 4.90 Å². The highest BCUT2D eigenvalue weighted by atomic mass is 16.5. The van der Waals surface area contributed by atoms with Crippen molar-refractivity contribution < 1.29 is 14.3 Å². The Morgan fingerprint density at radius 2 is 1.69 bits per heavy atom. The van der Waals surface area contributed by atoms with E-state index in [1.807, 2.05) is 48.2 Å². The van der Waals surface area contributed by atoms with Crippen LogP contribution in [0.15, 0.2) is 48.5 Å². The second-order valence-corrected chi connectivity index (χ2v) is 6.31. The van der Waals surface area contributed by atoms with E-state index >= 15 is 0 Å². The standard InChI is InChI=1S/C20H23N3O3/c1-15-4-3-5-17(14-15)21-20(25)23-12-10-22(11-13-23)18-8-6-16(7-9-18)19(24)26-2/h3-9,14H,10-13H2,1-2H3,(H,21,25). The Kier molecular flexibility index (Phi) is 5.41. The predicted molar refractivity (Wildman–Crippen MR) is 102 cm³/mol. The number of hydrogen-bond donors (Lipinski definition) is 1. The molecule has 1 saturated heterocycles. The van der Waals surface area contributed by atoms with Gasteiger partial charge in [0.2, 0.25) is 0 Å². The number of hydrogen-bond acceptors (Lipinski definition) is 4. The molecule has 2 aromatic carbocycles. The van der Waals surface area contributed by atoms with Gasteiger partial charge < -0.3 is 19.9 Å². The molecule has 1 fully saturated rings. The number of esters is 1. The van der Waals surface area contributed by atoms with Crippen LogP contribution in [0.4, 0.5) is 16.2 Å². The first-order valence-electron chi connectivity index (χ1n) is 8.63. The van der Waals surface area contributed by atoms with Gasteiger partial charge in [-0.25, -0.2) is 9.59 Å². The van der Waals surface area contributed by atoms with E-state index in [9.17, 15) is 9.59 Å². The molecular formula is C20H23N3O3. The number of carbonyl (C=O) groups excluding carboxylic acids is 2. The van der Waals surface area contributed by atoms with E-state index in [1.165, 1.54) is 7.11 Å². The summed E-state index contributed by atoms with van der Waals surface area (Å²) in [5.41, 5.74) is 3.50. The van der Waals surface area contributed by atoms with Gasteiger partial charge in [0, 0.05) is 37.6 Å². The lowest BCUT2D eigenvalue weighted by Gasteiger charge is -2.36. The van der Waals surface area contributed by atoms with Gasteiger partial charge in [0.05, 0.1) is 12.7 Å². The van der Waals surface area contributed by atoms with Crippen LogP contribution in [-0.4, -0.2) is 50.2 Å². The molecule has 2 aromatic rings. The average Bonchev–Trinajstić information content (AvgIpc) is 2.67. The van der Waals surface area contributed by atoms with Gasteiger partial charge in [0.15, 0.2) is 0 Å². The fourth-order valence-electron chi connectivity index (χ4n) is 3.02. The second-order valence-electron chi connectivity index (χ2n) is 6.31. The number of benzene rings is 2. The van der Waals surface area contributed by atoms with E-state index in [-0.39, 0.29) is 12.0 Å². The minimum Gasteiger partial charge on any atom is -0.465 e. The zero-order valence-corrected chi connectivity index (χ0v) is 15.1. The molecule has 6 nitrogen and oxygen atoms in total. The maximum atomic E-state index is 12.4. The Hall–Kier alpha value is -3.02. The molecule has 0 unspecified atom stereocenters. The molecule has 1 aliphatic heterocycles. The fraction of sp³-hybridized carbons (Fsp3) is 0.300. The van der Waals surface area contributed by atoms with Crippen molar-refractivity contribution in [2.75, 3.05) is 43.5 Å². The van der Waals surface area contributed by atoms with Gasteiger partial charge >= 0.3 is 12.0 Å². The maximum Gasteiger partial charge on any atom is 0.337 e. The van der Waals surface area contributed by atoms with Crippen LogP contribution < -0.4 is 10.2 Å². The summed E-state index contributed by atoms with van der Waals surface area (Å²) in [6.45, 7) is 4.80. The Morgan fingerprint density at radius 3 is 2.31 bits per heavy atom. The summed E-state index contributed by atoms with van der Waals surface area (Å²) in [4.78, 5) is 27.9. The number of carbonyl (C=O) groups is 2. The van der Waals surface area contributed by atoms with Crippen LogP contribution in [0.2, 0.25) is 0 Å². The Morgan fingerprint density at radius 1 is 1.00 bits per heavy atom. The van der Waals surface area contributed by atoms with Gasteiger partial charge in [-0.3, -0.25) is 0 Å². The number of methoxy groups -OCH3 is 1. The molecule has 0 aliphatic carbocycles. The first kappa shape index (κ1) is 17.8. The summed E-state index contributed by atoms with van der Waals surface area (Å²) < 4.78 is 4.71. The molecule has 3 rings (SSSR count). The molecule has 2 amide bonds. The molecule has 0 atom stereocenters. The van der Waals surface area contributed by atoms with Crippen LogP contribution in [0, 0.1) is 6.92 Å². The number of urea groups is 1. The van der Waals surface area contributed by atoms with Gasteiger partial charge in [-0.05, 0) is 48.9 Å². The lowest BCUT2D eigenvalue weighted by atomic mass is 10.2. The molecule has 136 valence electrons. The molecule has 6 heteroatoms. The zero-order chi connectivity index (χ0) is 18.5. The molecule has 26 heavy (non-hydrogen) atoms. The topological polar surface area (TPSA) is 61.9 Å². The fourth-order valence-corrected chi connectivity index (χ4v) is 3.02. The van der Waals surface area contributed by atoms with Gasteiger partial charge in [0.25, 0.3) is 0 Å². The number of nitrogens with one attached hydrogen (secondary N) is 1. The van der Waals surface area contributed by atoms with Crippen LogP contribution in [0.5, 0.6) is 0 Å². The number of nitrogens with zero attached hydrogens (tertiary/aromatic N) is 2. The zero-order valence-electron chi connectivity index (χ0n) is 15.1. The van der Waals surface area contributed by atoms with Crippen LogP contribution in [-0.2, 0) is 4.74 Å². The Bertz CT molecular complexity index is 781. The SMILES string of the molecule is COC(=O)c1ccc(N2CCN(C(=O)Nc3cccc(C)c3)CC2)cc1. The molecule has 1 N–H and O–H groups in total. The smallest absolute Gasteiger partial charge is 0.337 e. The highest BCUT2D eigenvalue weighted by Crippen LogP contribution is 2.18. The summed E-state index contributed by atoms with van der Waals surface area (Å²) >= 11 is 0. The van der Waals surface area contributed by atoms with E-state index < -0.39 is 0 Å². The summed E-state index contributed by atoms with van der Waals surface area (Å²) in [6.07, 6.45) is 0. The largest absolute Gasteiger partial charge is 0.465 e. The first-order valence-corrected chi connectivity index (χ1v) is 8.63. The Balaban J connectivity index is 1.55. The average molecular weight is 353 g/mol. The minimum atomic E-state index is -0.339. The van der Waals surface area contributed by atoms with Crippen molar-refractivity contribution in [3.63, 3.8) is 0 Å². The van der Waals surface area contributed by atoms with Gasteiger partial charge in [-0.1, -0.05) is 12.1 Å². The van der Waals surface area contributed by atoms with Gasteiger partial charge in [0.1, 0.15) is 0 Å². The van der Waals surface area contributed by atoms with E-state index in [2.05, 4.69) is 10.2 Å². The van der Waals surface area contributed by atoms with Crippen LogP contribution in [0.3, 0.4) is 0 Å². The lowest BCUT2D eigenvalue weighted by Crippen LogP contribution is -2.50. The highest BCUT2D eigenvalue weighted by Gasteiger charge is 2.21. The van der Waals surface area contributed by atoms with Crippen molar-refractivity contribution in [2.24, 2.45) is 0 Å². The molecule has 0 radical (unpaired) electrons. The number of aryl methyl sites for hydroxylation is 1. The summed E-state index contributed by atoms with van der Waals surface area (Å²) in [6, 6.07) is 15.1. The maximum absolute atomic E-state index is 12.4. The molecule has 0 bridgehead atoms. The van der Waals surface area contributed by atoms with Gasteiger partial charge in [-0.2, -0.15) is 0 Å². The number of rotatable bonds is 3. The first-order chi connectivity index (χ1) is 12.6. The van der Waals surface area contributed by atoms with Crippen LogP contribution in [0.1, 0.15) is 15.9 Å². The molecular weight excluding hydrogens is 330 g/mol. The van der Waals surface area contributed by atoms with E-state index in [0.717, 1.165) is 30.0 Å². The minimum absolute atomic E-state index is 0.0729. The number of anilines is 2. The Labute approximate surface area is 153 Å². The van der Waals surface area contributed by atoms with Crippen LogP contribution in [0.25, 0.3) is 0 Å². The summed E-state index contributed by atoms with van der Waals surface area (Å²) in [5, 5.41) is 2.95. The van der Waals surface area contributed by atoms with E-state index in [0.29, 0.717) is 18.7 Å². The third-order valence-corrected chi connectivity index (χ3v) is 4.49. The molecule has 1 heterocycles. The number of piperazine rings is 1. The normalized spacial score (nSPS) is 14.1. The quantitative estimate of drug-likeness (QED) is 0.861. The van der Waals surface area contributed by atoms with E-state index in [4.69, 9.17) is 4.74 Å². The van der Waals surface area contributed by atoms with Crippen molar-refractivity contribution >= 4 is 23.4 Å². The lowest BCUT2D eigenvalue weighted by molar-refractivity contribution is 0.0600. The van der Waals surface area contributed by atoms with Crippen molar-refractivity contribution in [3.8, 4) is 0 Å². The third kappa shape index (κ3) is 4.14. The predicted octanol–water partition coefficient (Wildman–Crippen LogP) is 3.14. The second kappa shape index (κ2) is 7.91. The summed E-state index contributed by atoms with van der Waals surface area (Å²) in [7, 11) is 1.37. The highest BCUT2D eigenvalue weighted by molar-refractivity contribution is 5.90. The van der Waals surface area contributed by atoms with Crippen molar-refractivity contribution in [2.45, 2.75) is 6.92 Å². The van der Waals surface area contributed by atoms with Crippen LogP contribution >= 0.6 is 0 Å². The molecule has 0 aromatic heterocycles. The molecule has 1 aliphatic rings. The van der Waals surface area contributed by atoms with Crippen molar-refractivity contribution in [3.05, 3.63) is 59.7 Å². The summed E-state index contributed by atoms with van der Waals surface area (Å²) in [5.74, 6) is -0.339. The molecule has 0 saturated carbocycles. The van der Waals surface area contributed by atoms with E-state index in [1.54, 1.807) is 12.1 Å². The number of amides is 2. The van der Waals surface area contributed by atoms with Crippen molar-refractivity contribution in [1.29, 1.82) is 0 Å².